The standard InChI is InChI=1S/C24H25FN2O6/c1-31-20-6-17(8-26-21(20)22(28)18-7-19(18)24(29)30)27(9-13-2-3-13)10-14-4-16(25)5-15-11-32-12-33-23(14)15/h4-6,8,13,18-19H,2-3,7,9-12H2,1H3,(H,29,30). The van der Waals surface area contributed by atoms with Crippen LogP contribution in [0.5, 0.6) is 11.5 Å². The van der Waals surface area contributed by atoms with E-state index in [0.29, 0.717) is 42.6 Å². The van der Waals surface area contributed by atoms with Crippen LogP contribution in [0.15, 0.2) is 24.4 Å². The van der Waals surface area contributed by atoms with Crippen molar-refractivity contribution in [2.75, 3.05) is 25.3 Å². The van der Waals surface area contributed by atoms with E-state index in [-0.39, 0.29) is 24.1 Å². The number of hydrogen-bond donors (Lipinski definition) is 1. The number of aromatic nitrogens is 1. The van der Waals surface area contributed by atoms with Gasteiger partial charge in [0.2, 0.25) is 0 Å². The van der Waals surface area contributed by atoms with E-state index in [0.717, 1.165) is 30.6 Å². The van der Waals surface area contributed by atoms with Gasteiger partial charge in [0.05, 0.1) is 31.5 Å². The fourth-order valence-electron chi connectivity index (χ4n) is 4.33. The number of Topliss-reactive ketones (excluding diaryl/α,β-unsaturated/α-hetero) is 1. The van der Waals surface area contributed by atoms with Gasteiger partial charge in [-0.05, 0) is 37.3 Å². The molecule has 2 fully saturated rings. The number of rotatable bonds is 9. The van der Waals surface area contributed by atoms with E-state index in [1.165, 1.54) is 19.2 Å². The molecule has 174 valence electrons. The molecule has 1 aliphatic heterocycles. The minimum Gasteiger partial charge on any atom is -0.494 e. The summed E-state index contributed by atoms with van der Waals surface area (Å²) in [5, 5.41) is 9.14. The summed E-state index contributed by atoms with van der Waals surface area (Å²) in [5.41, 5.74) is 2.28. The number of ether oxygens (including phenoxy) is 3. The van der Waals surface area contributed by atoms with E-state index in [1.807, 2.05) is 0 Å². The number of carbonyl (C=O) groups is 2. The van der Waals surface area contributed by atoms with Gasteiger partial charge in [0, 0.05) is 36.2 Å². The summed E-state index contributed by atoms with van der Waals surface area (Å²) in [5.74, 6) is -1.36. The van der Waals surface area contributed by atoms with Crippen molar-refractivity contribution in [3.05, 3.63) is 47.0 Å². The molecule has 2 aromatic rings. The first-order valence-electron chi connectivity index (χ1n) is 11.0. The minimum atomic E-state index is -0.967. The molecular weight excluding hydrogens is 431 g/mol. The number of carboxylic acids is 1. The number of pyridine rings is 1. The summed E-state index contributed by atoms with van der Waals surface area (Å²) < 4.78 is 30.7. The summed E-state index contributed by atoms with van der Waals surface area (Å²) >= 11 is 0. The van der Waals surface area contributed by atoms with Gasteiger partial charge in [-0.3, -0.25) is 9.59 Å². The molecular formula is C24H25FN2O6. The Bertz CT molecular complexity index is 1100. The number of aliphatic carboxylic acids is 1. The van der Waals surface area contributed by atoms with Gasteiger partial charge in [-0.25, -0.2) is 9.37 Å². The van der Waals surface area contributed by atoms with Crippen LogP contribution in [0, 0.1) is 23.6 Å². The van der Waals surface area contributed by atoms with E-state index in [4.69, 9.17) is 19.3 Å². The SMILES string of the molecule is COc1cc(N(Cc2cc(F)cc3c2OCOC3)CC2CC2)cnc1C(=O)C1CC1C(=O)O. The maximum atomic E-state index is 14.3. The van der Waals surface area contributed by atoms with Crippen LogP contribution in [0.1, 0.15) is 40.9 Å². The van der Waals surface area contributed by atoms with Crippen LogP contribution < -0.4 is 14.4 Å². The molecule has 33 heavy (non-hydrogen) atoms. The fraction of sp³-hybridized carbons (Fsp3) is 0.458. The smallest absolute Gasteiger partial charge is 0.307 e. The highest BCUT2D eigenvalue weighted by molar-refractivity contribution is 6.03. The van der Waals surface area contributed by atoms with Crippen LogP contribution in [-0.4, -0.2) is 42.3 Å². The molecule has 0 amide bonds. The van der Waals surface area contributed by atoms with Gasteiger partial charge in [-0.1, -0.05) is 0 Å². The van der Waals surface area contributed by atoms with Crippen molar-refractivity contribution in [1.82, 2.24) is 4.98 Å². The Labute approximate surface area is 190 Å². The van der Waals surface area contributed by atoms with Crippen molar-refractivity contribution >= 4 is 17.4 Å². The molecule has 2 unspecified atom stereocenters. The lowest BCUT2D eigenvalue weighted by molar-refractivity contribution is -0.138. The van der Waals surface area contributed by atoms with Gasteiger partial charge in [0.15, 0.2) is 12.6 Å². The predicted octanol–water partition coefficient (Wildman–Crippen LogP) is 3.42. The van der Waals surface area contributed by atoms with Crippen LogP contribution >= 0.6 is 0 Å². The number of anilines is 1. The number of carboxylic acid groups (broad SMARTS) is 1. The number of fused-ring (bicyclic) bond motifs is 1. The monoisotopic (exact) mass is 456 g/mol. The number of benzene rings is 1. The van der Waals surface area contributed by atoms with Crippen molar-refractivity contribution in [1.29, 1.82) is 0 Å². The molecule has 2 saturated carbocycles. The maximum absolute atomic E-state index is 14.3. The van der Waals surface area contributed by atoms with Gasteiger partial charge in [0.1, 0.15) is 23.0 Å². The highest BCUT2D eigenvalue weighted by atomic mass is 19.1. The Morgan fingerprint density at radius 3 is 2.79 bits per heavy atom. The van der Waals surface area contributed by atoms with E-state index >= 15 is 0 Å². The number of hydrogen-bond acceptors (Lipinski definition) is 7. The molecule has 2 aliphatic carbocycles. The third-order valence-corrected chi connectivity index (χ3v) is 6.39. The highest BCUT2D eigenvalue weighted by Crippen LogP contribution is 2.43. The third kappa shape index (κ3) is 4.50. The average Bonchev–Trinajstić information content (AvgIpc) is 3.72. The van der Waals surface area contributed by atoms with Crippen molar-refractivity contribution in [3.63, 3.8) is 0 Å². The second-order valence-electron chi connectivity index (χ2n) is 8.88. The summed E-state index contributed by atoms with van der Waals surface area (Å²) in [6.45, 7) is 1.58. The quantitative estimate of drug-likeness (QED) is 0.574. The van der Waals surface area contributed by atoms with Crippen molar-refractivity contribution in [3.8, 4) is 11.5 Å². The molecule has 1 aromatic heterocycles. The Balaban J connectivity index is 1.43. The number of ketones is 1. The Morgan fingerprint density at radius 1 is 1.27 bits per heavy atom. The Morgan fingerprint density at radius 2 is 2.09 bits per heavy atom. The van der Waals surface area contributed by atoms with Gasteiger partial charge in [-0.15, -0.1) is 0 Å². The molecule has 3 aliphatic rings. The molecule has 9 heteroatoms. The largest absolute Gasteiger partial charge is 0.494 e. The van der Waals surface area contributed by atoms with Crippen molar-refractivity contribution in [2.24, 2.45) is 17.8 Å². The minimum absolute atomic E-state index is 0.124. The molecule has 1 N–H and O–H groups in total. The molecule has 0 bridgehead atoms. The van der Waals surface area contributed by atoms with Gasteiger partial charge in [-0.2, -0.15) is 0 Å². The summed E-state index contributed by atoms with van der Waals surface area (Å²) in [7, 11) is 1.46. The molecule has 5 rings (SSSR count). The number of carbonyl (C=O) groups excluding carboxylic acids is 1. The second kappa shape index (κ2) is 8.62. The summed E-state index contributed by atoms with van der Waals surface area (Å²) in [4.78, 5) is 30.4. The van der Waals surface area contributed by atoms with Crippen LogP contribution in [0.3, 0.4) is 0 Å². The normalized spacial score (nSPS) is 21.0. The van der Waals surface area contributed by atoms with E-state index in [2.05, 4.69) is 9.88 Å². The van der Waals surface area contributed by atoms with Gasteiger partial charge in [0.25, 0.3) is 0 Å². The first kappa shape index (κ1) is 21.6. The van der Waals surface area contributed by atoms with E-state index < -0.39 is 17.8 Å². The van der Waals surface area contributed by atoms with Crippen molar-refractivity contribution in [2.45, 2.75) is 32.4 Å². The molecule has 1 aromatic carbocycles. The third-order valence-electron chi connectivity index (χ3n) is 6.39. The molecule has 2 atom stereocenters. The van der Waals surface area contributed by atoms with Crippen LogP contribution in [-0.2, 0) is 22.7 Å². The Hall–Kier alpha value is -3.20. The lowest BCUT2D eigenvalue weighted by atomic mass is 10.1. The summed E-state index contributed by atoms with van der Waals surface area (Å²) in [6.07, 6.45) is 4.18. The van der Waals surface area contributed by atoms with Crippen LogP contribution in [0.25, 0.3) is 0 Å². The molecule has 0 spiro atoms. The number of methoxy groups -OCH3 is 1. The average molecular weight is 456 g/mol. The second-order valence-corrected chi connectivity index (χ2v) is 8.88. The van der Waals surface area contributed by atoms with Gasteiger partial charge >= 0.3 is 5.97 Å². The van der Waals surface area contributed by atoms with Gasteiger partial charge < -0.3 is 24.2 Å². The fourth-order valence-corrected chi connectivity index (χ4v) is 4.33. The van der Waals surface area contributed by atoms with Crippen LogP contribution in [0.4, 0.5) is 10.1 Å². The first-order chi connectivity index (χ1) is 15.9. The zero-order chi connectivity index (χ0) is 23.1. The topological polar surface area (TPSA) is 98.2 Å². The van der Waals surface area contributed by atoms with E-state index in [9.17, 15) is 14.0 Å². The molecule has 8 nitrogen and oxygen atoms in total. The maximum Gasteiger partial charge on any atom is 0.307 e. The first-order valence-corrected chi connectivity index (χ1v) is 11.0. The molecule has 2 heterocycles. The number of nitrogens with zero attached hydrogens (tertiary/aromatic N) is 2. The lowest BCUT2D eigenvalue weighted by Gasteiger charge is -2.28. The van der Waals surface area contributed by atoms with Crippen molar-refractivity contribution < 1.29 is 33.3 Å². The van der Waals surface area contributed by atoms with E-state index in [1.54, 1.807) is 12.3 Å². The van der Waals surface area contributed by atoms with Crippen LogP contribution in [0.2, 0.25) is 0 Å². The summed E-state index contributed by atoms with van der Waals surface area (Å²) in [6, 6.07) is 4.65. The highest BCUT2D eigenvalue weighted by Gasteiger charge is 2.49. The Kier molecular flexibility index (Phi) is 5.65. The molecule has 0 saturated heterocycles. The zero-order valence-electron chi connectivity index (χ0n) is 18.3. The number of halogens is 1. The lowest BCUT2D eigenvalue weighted by Crippen LogP contribution is -2.27. The zero-order valence-corrected chi connectivity index (χ0v) is 18.3. The predicted molar refractivity (Wildman–Crippen MR) is 115 cm³/mol. The molecule has 0 radical (unpaired) electrons.